The maximum Gasteiger partial charge on any atom is 0.272 e. The zero-order valence-corrected chi connectivity index (χ0v) is 23.0. The fourth-order valence-corrected chi connectivity index (χ4v) is 4.62. The highest BCUT2D eigenvalue weighted by Crippen LogP contribution is 2.35. The number of amides is 1. The van der Waals surface area contributed by atoms with Gasteiger partial charge in [0, 0.05) is 31.1 Å². The molecule has 2 aromatic carbocycles. The second-order valence-electron chi connectivity index (χ2n) is 9.98. The van der Waals surface area contributed by atoms with Crippen LogP contribution in [0.25, 0.3) is 0 Å². The zero-order chi connectivity index (χ0) is 28.5. The Bertz CT molecular complexity index is 1240. The van der Waals surface area contributed by atoms with E-state index < -0.39 is 12.0 Å². The van der Waals surface area contributed by atoms with Crippen molar-refractivity contribution < 1.29 is 34.3 Å². The van der Waals surface area contributed by atoms with Crippen LogP contribution in [0.3, 0.4) is 0 Å². The van der Waals surface area contributed by atoms with Crippen LogP contribution < -0.4 is 9.47 Å². The minimum atomic E-state index is -0.709. The molecule has 1 aromatic heterocycles. The first-order chi connectivity index (χ1) is 19.5. The van der Waals surface area contributed by atoms with E-state index in [9.17, 15) is 20.1 Å². The van der Waals surface area contributed by atoms with E-state index in [4.69, 9.17) is 14.2 Å². The highest BCUT2D eigenvalue weighted by molar-refractivity contribution is 5.93. The Morgan fingerprint density at radius 3 is 2.30 bits per heavy atom. The summed E-state index contributed by atoms with van der Waals surface area (Å²) in [6.07, 6.45) is 1.84. The molecule has 2 heterocycles. The number of likely N-dealkylation sites (tertiary alicyclic amines) is 1. The smallest absolute Gasteiger partial charge is 0.272 e. The molecule has 4 rings (SSSR count). The van der Waals surface area contributed by atoms with Crippen LogP contribution >= 0.6 is 0 Å². The van der Waals surface area contributed by atoms with Crippen LogP contribution in [0.15, 0.2) is 60.8 Å². The predicted octanol–water partition coefficient (Wildman–Crippen LogP) is 2.95. The molecule has 3 N–H and O–H groups in total. The summed E-state index contributed by atoms with van der Waals surface area (Å²) in [6.45, 7) is 2.90. The Labute approximate surface area is 235 Å². The first kappa shape index (κ1) is 29.5. The molecule has 1 fully saturated rings. The zero-order valence-electron chi connectivity index (χ0n) is 23.0. The van der Waals surface area contributed by atoms with Gasteiger partial charge >= 0.3 is 0 Å². The molecule has 1 atom stereocenters. The van der Waals surface area contributed by atoms with Crippen LogP contribution in [0.5, 0.6) is 11.5 Å². The lowest BCUT2D eigenvalue weighted by atomic mass is 9.91. The molecule has 1 amide bonds. The number of carbonyl (C=O) groups excluding carboxylic acids is 1. The standard InChI is InChI=1S/C31H38N2O7/c1-3-21-4-6-22(7-5-21)19-39-28-9-8-24(13-29(28)38-2)25-14-33(15-25)31(37)27-12-23(10-11-32-27)20-40-30(18-36)26(16-34)17-35/h4-13,25-26,30,34-36H,3,14-20H2,1-2H3. The van der Waals surface area contributed by atoms with Gasteiger partial charge in [-0.2, -0.15) is 0 Å². The Morgan fingerprint density at radius 1 is 0.925 bits per heavy atom. The SMILES string of the molecule is CCc1ccc(COc2ccc(C3CN(C(=O)c4cc(COC(CO)C(CO)CO)ccn4)C3)cc2OC)cc1. The number of rotatable bonds is 14. The van der Waals surface area contributed by atoms with Crippen molar-refractivity contribution in [2.75, 3.05) is 40.0 Å². The molecule has 1 saturated heterocycles. The van der Waals surface area contributed by atoms with Crippen LogP contribution in [0.4, 0.5) is 0 Å². The first-order valence-electron chi connectivity index (χ1n) is 13.6. The third-order valence-electron chi connectivity index (χ3n) is 7.34. The minimum Gasteiger partial charge on any atom is -0.493 e. The molecule has 9 nitrogen and oxygen atoms in total. The molecule has 1 aliphatic heterocycles. The Hall–Kier alpha value is -3.50. The third kappa shape index (κ3) is 7.17. The van der Waals surface area contributed by atoms with E-state index in [1.807, 2.05) is 18.2 Å². The number of aromatic nitrogens is 1. The van der Waals surface area contributed by atoms with Gasteiger partial charge in [-0.05, 0) is 52.9 Å². The van der Waals surface area contributed by atoms with Gasteiger partial charge in [-0.1, -0.05) is 37.3 Å². The summed E-state index contributed by atoms with van der Waals surface area (Å²) < 4.78 is 17.3. The van der Waals surface area contributed by atoms with E-state index in [0.29, 0.717) is 42.5 Å². The number of aliphatic hydroxyl groups is 3. The Balaban J connectivity index is 1.32. The maximum absolute atomic E-state index is 13.1. The van der Waals surface area contributed by atoms with Gasteiger partial charge in [-0.3, -0.25) is 9.78 Å². The van der Waals surface area contributed by atoms with Crippen molar-refractivity contribution in [3.8, 4) is 11.5 Å². The molecule has 40 heavy (non-hydrogen) atoms. The Morgan fingerprint density at radius 2 is 1.65 bits per heavy atom. The summed E-state index contributed by atoms with van der Waals surface area (Å²) in [5.41, 5.74) is 4.49. The van der Waals surface area contributed by atoms with E-state index in [2.05, 4.69) is 36.2 Å². The van der Waals surface area contributed by atoms with Crippen molar-refractivity contribution in [1.82, 2.24) is 9.88 Å². The molecular weight excluding hydrogens is 512 g/mol. The van der Waals surface area contributed by atoms with Crippen LogP contribution in [0.2, 0.25) is 0 Å². The number of pyridine rings is 1. The van der Waals surface area contributed by atoms with Gasteiger partial charge in [0.1, 0.15) is 12.3 Å². The maximum atomic E-state index is 13.1. The predicted molar refractivity (Wildman–Crippen MR) is 149 cm³/mol. The van der Waals surface area contributed by atoms with Gasteiger partial charge in [-0.15, -0.1) is 0 Å². The van der Waals surface area contributed by atoms with E-state index in [0.717, 1.165) is 17.5 Å². The van der Waals surface area contributed by atoms with Gasteiger partial charge in [0.05, 0.1) is 39.6 Å². The number of nitrogens with zero attached hydrogens (tertiary/aromatic N) is 2. The average molecular weight is 551 g/mol. The van der Waals surface area contributed by atoms with Crippen molar-refractivity contribution >= 4 is 5.91 Å². The topological polar surface area (TPSA) is 122 Å². The highest BCUT2D eigenvalue weighted by Gasteiger charge is 2.33. The van der Waals surface area contributed by atoms with E-state index in [1.165, 1.54) is 5.56 Å². The quantitative estimate of drug-likeness (QED) is 0.280. The van der Waals surface area contributed by atoms with Crippen molar-refractivity contribution in [2.24, 2.45) is 5.92 Å². The summed E-state index contributed by atoms with van der Waals surface area (Å²) in [5.74, 6) is 0.769. The minimum absolute atomic E-state index is 0.116. The fraction of sp³-hybridized carbons (Fsp3) is 0.419. The summed E-state index contributed by atoms with van der Waals surface area (Å²) >= 11 is 0. The molecular formula is C31H38N2O7. The van der Waals surface area contributed by atoms with E-state index in [-0.39, 0.29) is 38.3 Å². The van der Waals surface area contributed by atoms with E-state index >= 15 is 0 Å². The number of aliphatic hydroxyl groups excluding tert-OH is 3. The number of ether oxygens (including phenoxy) is 3. The van der Waals surface area contributed by atoms with Gasteiger partial charge < -0.3 is 34.4 Å². The molecule has 0 saturated carbocycles. The highest BCUT2D eigenvalue weighted by atomic mass is 16.5. The molecule has 0 aliphatic carbocycles. The first-order valence-corrected chi connectivity index (χ1v) is 13.6. The lowest BCUT2D eigenvalue weighted by Gasteiger charge is -2.39. The molecule has 9 heteroatoms. The average Bonchev–Trinajstić information content (AvgIpc) is 2.98. The lowest BCUT2D eigenvalue weighted by Crippen LogP contribution is -2.48. The van der Waals surface area contributed by atoms with E-state index in [1.54, 1.807) is 30.3 Å². The second kappa shape index (κ2) is 14.2. The number of carbonyl (C=O) groups is 1. The van der Waals surface area contributed by atoms with Crippen LogP contribution in [0, 0.1) is 5.92 Å². The van der Waals surface area contributed by atoms with Crippen molar-refractivity contribution in [2.45, 2.75) is 38.6 Å². The fourth-order valence-electron chi connectivity index (χ4n) is 4.62. The van der Waals surface area contributed by atoms with Crippen molar-refractivity contribution in [1.29, 1.82) is 0 Å². The van der Waals surface area contributed by atoms with Crippen molar-refractivity contribution in [3.63, 3.8) is 0 Å². The summed E-state index contributed by atoms with van der Waals surface area (Å²) in [4.78, 5) is 19.0. The van der Waals surface area contributed by atoms with Gasteiger partial charge in [0.15, 0.2) is 11.5 Å². The van der Waals surface area contributed by atoms with Gasteiger partial charge in [0.25, 0.3) is 5.91 Å². The lowest BCUT2D eigenvalue weighted by molar-refractivity contribution is -0.0601. The monoisotopic (exact) mass is 550 g/mol. The molecule has 0 spiro atoms. The molecule has 3 aromatic rings. The third-order valence-corrected chi connectivity index (χ3v) is 7.34. The number of hydrogen-bond donors (Lipinski definition) is 3. The van der Waals surface area contributed by atoms with Gasteiger partial charge in [0.2, 0.25) is 0 Å². The van der Waals surface area contributed by atoms with Crippen LogP contribution in [-0.2, 0) is 24.4 Å². The number of methoxy groups -OCH3 is 1. The van der Waals surface area contributed by atoms with Crippen LogP contribution in [-0.4, -0.2) is 77.2 Å². The molecule has 214 valence electrons. The molecule has 1 aliphatic rings. The summed E-state index contributed by atoms with van der Waals surface area (Å²) in [7, 11) is 1.62. The molecule has 1 unspecified atom stereocenters. The largest absolute Gasteiger partial charge is 0.493 e. The van der Waals surface area contributed by atoms with Gasteiger partial charge in [-0.25, -0.2) is 0 Å². The van der Waals surface area contributed by atoms with Crippen molar-refractivity contribution in [3.05, 3.63) is 88.7 Å². The van der Waals surface area contributed by atoms with Crippen LogP contribution in [0.1, 0.15) is 45.6 Å². The number of aryl methyl sites for hydroxylation is 1. The summed E-state index contributed by atoms with van der Waals surface area (Å²) in [5, 5.41) is 28.2. The normalized spacial score (nSPS) is 14.2. The molecule has 0 bridgehead atoms. The Kier molecular flexibility index (Phi) is 10.5. The second-order valence-corrected chi connectivity index (χ2v) is 9.98. The summed E-state index contributed by atoms with van der Waals surface area (Å²) in [6, 6.07) is 17.7. The molecule has 0 radical (unpaired) electrons. The number of hydrogen-bond acceptors (Lipinski definition) is 8. The number of benzene rings is 2.